The van der Waals surface area contributed by atoms with Crippen LogP contribution < -0.4 is 0 Å². The van der Waals surface area contributed by atoms with Crippen LogP contribution in [0.2, 0.25) is 4.34 Å². The monoisotopic (exact) mass is 402 g/mol. The maximum Gasteiger partial charge on any atom is 0.0931 e. The first-order chi connectivity index (χ1) is 12.9. The van der Waals surface area contributed by atoms with Gasteiger partial charge in [-0.05, 0) is 80.8 Å². The maximum absolute atomic E-state index is 6.25. The van der Waals surface area contributed by atoms with Crippen molar-refractivity contribution in [3.63, 3.8) is 0 Å². The van der Waals surface area contributed by atoms with Crippen LogP contribution in [-0.4, -0.2) is 0 Å². The first-order valence-corrected chi connectivity index (χ1v) is 11.9. The van der Waals surface area contributed by atoms with Crippen LogP contribution in [0.5, 0.6) is 0 Å². The Kier molecular flexibility index (Phi) is 7.45. The number of allylic oxidation sites excluding steroid dienone is 6. The topological polar surface area (TPSA) is 0 Å². The van der Waals surface area contributed by atoms with E-state index in [1.54, 1.807) is 11.3 Å². The molecule has 0 aromatic carbocycles. The van der Waals surface area contributed by atoms with Crippen LogP contribution in [-0.2, 0) is 0 Å². The summed E-state index contributed by atoms with van der Waals surface area (Å²) < 4.78 is 0.938. The number of thiophene rings is 1. The van der Waals surface area contributed by atoms with Gasteiger partial charge >= 0.3 is 0 Å². The van der Waals surface area contributed by atoms with Crippen LogP contribution in [0, 0.1) is 23.7 Å². The first kappa shape index (κ1) is 20.9. The standard InChI is InChI=1S/C25H35ClS/c1-17-5-6-18(2)15-21(10-7-17)11-12-22-16-23(20(4)9-8-19(22)3)24-13-14-25(26)27-24/h5,7,10,13-15,18-20,22-23H,6,8-9,11-12,16H2,1-4H3/b10-7?,17-5?,21-15-/t18?,19?,20-,22?,23-/m0/s1. The lowest BCUT2D eigenvalue weighted by molar-refractivity contribution is 0.307. The molecule has 3 rings (SSSR count). The van der Waals surface area contributed by atoms with E-state index in [4.69, 9.17) is 11.6 Å². The quantitative estimate of drug-likeness (QED) is 0.441. The molecule has 0 radical (unpaired) electrons. The summed E-state index contributed by atoms with van der Waals surface area (Å²) in [7, 11) is 0. The van der Waals surface area contributed by atoms with Gasteiger partial charge in [0, 0.05) is 4.88 Å². The van der Waals surface area contributed by atoms with Crippen LogP contribution >= 0.6 is 22.9 Å². The zero-order valence-corrected chi connectivity index (χ0v) is 19.0. The molecule has 5 atom stereocenters. The van der Waals surface area contributed by atoms with Gasteiger partial charge in [0.25, 0.3) is 0 Å². The lowest BCUT2D eigenvalue weighted by Crippen LogP contribution is -2.14. The Labute approximate surface area is 175 Å². The predicted molar refractivity (Wildman–Crippen MR) is 122 cm³/mol. The summed E-state index contributed by atoms with van der Waals surface area (Å²) >= 11 is 8.05. The highest BCUT2D eigenvalue weighted by Crippen LogP contribution is 2.45. The van der Waals surface area contributed by atoms with Crippen LogP contribution in [0.3, 0.4) is 0 Å². The molecule has 3 unspecified atom stereocenters. The maximum atomic E-state index is 6.25. The van der Waals surface area contributed by atoms with Gasteiger partial charge in [-0.15, -0.1) is 11.3 Å². The molecule has 1 saturated carbocycles. The van der Waals surface area contributed by atoms with Crippen LogP contribution in [0.25, 0.3) is 0 Å². The zero-order chi connectivity index (χ0) is 19.4. The van der Waals surface area contributed by atoms with E-state index in [0.29, 0.717) is 11.8 Å². The summed E-state index contributed by atoms with van der Waals surface area (Å²) in [6, 6.07) is 4.36. The van der Waals surface area contributed by atoms with Gasteiger partial charge in [-0.25, -0.2) is 0 Å². The average Bonchev–Trinajstić information content (AvgIpc) is 3.00. The van der Waals surface area contributed by atoms with Gasteiger partial charge in [-0.3, -0.25) is 0 Å². The fourth-order valence-electron chi connectivity index (χ4n) is 4.77. The van der Waals surface area contributed by atoms with Crippen molar-refractivity contribution in [2.45, 2.75) is 72.1 Å². The summed E-state index contributed by atoms with van der Waals surface area (Å²) in [5.41, 5.74) is 2.94. The summed E-state index contributed by atoms with van der Waals surface area (Å²) in [6.45, 7) is 9.50. The largest absolute Gasteiger partial charge is 0.128 e. The van der Waals surface area contributed by atoms with E-state index in [0.717, 1.165) is 28.5 Å². The molecule has 0 N–H and O–H groups in total. The van der Waals surface area contributed by atoms with Gasteiger partial charge in [-0.1, -0.05) is 74.2 Å². The van der Waals surface area contributed by atoms with Crippen molar-refractivity contribution in [2.75, 3.05) is 0 Å². The van der Waals surface area contributed by atoms with E-state index < -0.39 is 0 Å². The highest BCUT2D eigenvalue weighted by atomic mass is 35.5. The molecule has 1 heterocycles. The Morgan fingerprint density at radius 1 is 1.07 bits per heavy atom. The summed E-state index contributed by atoms with van der Waals surface area (Å²) in [4.78, 5) is 1.51. The first-order valence-electron chi connectivity index (χ1n) is 10.7. The number of hydrogen-bond donors (Lipinski definition) is 0. The molecule has 0 spiro atoms. The number of hydrogen-bond acceptors (Lipinski definition) is 1. The molecule has 1 aromatic heterocycles. The van der Waals surface area contributed by atoms with Crippen LogP contribution in [0.4, 0.5) is 0 Å². The third kappa shape index (κ3) is 5.84. The van der Waals surface area contributed by atoms with Gasteiger partial charge < -0.3 is 0 Å². The van der Waals surface area contributed by atoms with Crippen molar-refractivity contribution in [3.05, 3.63) is 56.8 Å². The van der Waals surface area contributed by atoms with E-state index in [1.807, 2.05) is 0 Å². The van der Waals surface area contributed by atoms with Crippen molar-refractivity contribution in [2.24, 2.45) is 23.7 Å². The number of rotatable bonds is 4. The molecular formula is C25H35ClS. The van der Waals surface area contributed by atoms with E-state index in [-0.39, 0.29) is 0 Å². The minimum Gasteiger partial charge on any atom is -0.128 e. The van der Waals surface area contributed by atoms with Gasteiger partial charge in [0.1, 0.15) is 0 Å². The third-order valence-electron chi connectivity index (χ3n) is 6.76. The average molecular weight is 403 g/mol. The summed E-state index contributed by atoms with van der Waals surface area (Å²) in [5, 5.41) is 0. The second kappa shape index (κ2) is 9.61. The smallest absolute Gasteiger partial charge is 0.0931 e. The minimum absolute atomic E-state index is 0.646. The lowest BCUT2D eigenvalue weighted by Gasteiger charge is -2.26. The van der Waals surface area contributed by atoms with E-state index in [1.165, 1.54) is 48.1 Å². The molecule has 0 saturated heterocycles. The molecule has 0 aliphatic heterocycles. The fraction of sp³-hybridized carbons (Fsp3) is 0.600. The second-order valence-corrected chi connectivity index (χ2v) is 10.8. The van der Waals surface area contributed by atoms with Crippen molar-refractivity contribution >= 4 is 22.9 Å². The summed E-state index contributed by atoms with van der Waals surface area (Å²) in [6.07, 6.45) is 17.3. The van der Waals surface area contributed by atoms with Gasteiger partial charge in [0.2, 0.25) is 0 Å². The molecule has 1 aromatic rings. The normalized spacial score (nSPS) is 34.2. The Morgan fingerprint density at radius 2 is 1.85 bits per heavy atom. The van der Waals surface area contributed by atoms with Crippen LogP contribution in [0.15, 0.2) is 47.6 Å². The van der Waals surface area contributed by atoms with E-state index >= 15 is 0 Å². The number of halogens is 1. The van der Waals surface area contributed by atoms with Crippen molar-refractivity contribution < 1.29 is 0 Å². The molecule has 0 bridgehead atoms. The molecule has 148 valence electrons. The van der Waals surface area contributed by atoms with Crippen molar-refractivity contribution in [1.82, 2.24) is 0 Å². The fourth-order valence-corrected chi connectivity index (χ4v) is 6.07. The highest BCUT2D eigenvalue weighted by Gasteiger charge is 2.31. The Morgan fingerprint density at radius 3 is 2.59 bits per heavy atom. The van der Waals surface area contributed by atoms with Crippen LogP contribution in [0.1, 0.15) is 77.0 Å². The SMILES string of the molecule is CC1=CCC(C)/C=C(\CCC2C[C@H](c3ccc(Cl)s3)[C@@H](C)CCC2C)C=C1. The zero-order valence-electron chi connectivity index (χ0n) is 17.4. The predicted octanol–water partition coefficient (Wildman–Crippen LogP) is 8.81. The second-order valence-electron chi connectivity index (χ2n) is 9.05. The van der Waals surface area contributed by atoms with Crippen molar-refractivity contribution in [3.8, 4) is 0 Å². The minimum atomic E-state index is 0.646. The van der Waals surface area contributed by atoms with E-state index in [9.17, 15) is 0 Å². The highest BCUT2D eigenvalue weighted by molar-refractivity contribution is 7.16. The van der Waals surface area contributed by atoms with E-state index in [2.05, 4.69) is 64.1 Å². The Balaban J connectivity index is 1.69. The molecule has 0 amide bonds. The third-order valence-corrected chi connectivity index (χ3v) is 8.12. The Bertz CT molecular complexity index is 708. The summed E-state index contributed by atoms with van der Waals surface area (Å²) in [5.74, 6) is 3.73. The van der Waals surface area contributed by atoms with Gasteiger partial charge in [0.05, 0.1) is 4.34 Å². The molecule has 27 heavy (non-hydrogen) atoms. The molecular weight excluding hydrogens is 368 g/mol. The van der Waals surface area contributed by atoms with Gasteiger partial charge in [-0.2, -0.15) is 0 Å². The van der Waals surface area contributed by atoms with Crippen molar-refractivity contribution in [1.29, 1.82) is 0 Å². The lowest BCUT2D eigenvalue weighted by atomic mass is 9.80. The van der Waals surface area contributed by atoms with Gasteiger partial charge in [0.15, 0.2) is 0 Å². The molecule has 2 aliphatic rings. The molecule has 2 aliphatic carbocycles. The molecule has 0 nitrogen and oxygen atoms in total. The molecule has 1 fully saturated rings. The molecule has 2 heteroatoms. The Hall–Kier alpha value is -0.790.